The van der Waals surface area contributed by atoms with E-state index in [0.29, 0.717) is 12.1 Å². The van der Waals surface area contributed by atoms with Gasteiger partial charge < -0.3 is 10.2 Å². The number of aromatic nitrogens is 2. The Kier molecular flexibility index (Phi) is 5.65. The zero-order valence-corrected chi connectivity index (χ0v) is 11.8. The third-order valence-corrected chi connectivity index (χ3v) is 2.98. The summed E-state index contributed by atoms with van der Waals surface area (Å²) in [6.45, 7) is 5.41. The van der Waals surface area contributed by atoms with Crippen molar-refractivity contribution in [3.8, 4) is 0 Å². The molecule has 0 fully saturated rings. The maximum atomic E-state index is 4.59. The summed E-state index contributed by atoms with van der Waals surface area (Å²) in [5.41, 5.74) is 1.18. The van der Waals surface area contributed by atoms with Gasteiger partial charge >= 0.3 is 0 Å². The first-order valence-electron chi connectivity index (χ1n) is 6.39. The molecule has 4 nitrogen and oxygen atoms in total. The van der Waals surface area contributed by atoms with Crippen molar-refractivity contribution in [2.75, 3.05) is 27.7 Å². The first kappa shape index (κ1) is 14.2. The van der Waals surface area contributed by atoms with Crippen molar-refractivity contribution in [1.82, 2.24) is 20.0 Å². The highest BCUT2D eigenvalue weighted by Gasteiger charge is 2.10. The van der Waals surface area contributed by atoms with E-state index < -0.39 is 0 Å². The van der Waals surface area contributed by atoms with Crippen LogP contribution in [0.3, 0.4) is 0 Å². The maximum Gasteiger partial charge on any atom is 0.0640 e. The number of rotatable bonds is 7. The third kappa shape index (κ3) is 4.88. The summed E-state index contributed by atoms with van der Waals surface area (Å²) in [4.78, 5) is 2.22. The lowest BCUT2D eigenvalue weighted by Gasteiger charge is -2.17. The third-order valence-electron chi connectivity index (χ3n) is 2.98. The Bertz CT molecular complexity index is 317. The van der Waals surface area contributed by atoms with Crippen molar-refractivity contribution in [3.63, 3.8) is 0 Å². The van der Waals surface area contributed by atoms with Crippen molar-refractivity contribution in [3.05, 3.63) is 18.0 Å². The average molecular weight is 238 g/mol. The summed E-state index contributed by atoms with van der Waals surface area (Å²) in [7, 11) is 6.25. The smallest absolute Gasteiger partial charge is 0.0640 e. The zero-order chi connectivity index (χ0) is 12.8. The number of hydrogen-bond donors (Lipinski definition) is 1. The van der Waals surface area contributed by atoms with Crippen molar-refractivity contribution >= 4 is 0 Å². The van der Waals surface area contributed by atoms with Crippen LogP contribution in [0.25, 0.3) is 0 Å². The highest BCUT2D eigenvalue weighted by Crippen LogP contribution is 2.07. The second kappa shape index (κ2) is 6.77. The number of likely N-dealkylation sites (N-methyl/N-ethyl adjacent to an activating group) is 1. The molecular formula is C13H26N4. The second-order valence-corrected chi connectivity index (χ2v) is 5.16. The summed E-state index contributed by atoms with van der Waals surface area (Å²) >= 11 is 0. The summed E-state index contributed by atoms with van der Waals surface area (Å²) in [5, 5.41) is 7.96. The Hall–Kier alpha value is -0.870. The van der Waals surface area contributed by atoms with Crippen LogP contribution in [0.2, 0.25) is 0 Å². The Labute approximate surface area is 105 Å². The molecule has 0 aromatic carbocycles. The molecule has 98 valence electrons. The summed E-state index contributed by atoms with van der Waals surface area (Å²) in [5.74, 6) is 0. The lowest BCUT2D eigenvalue weighted by atomic mass is 10.1. The SMILES string of the molecule is CNC(CCN(C)C)Cc1ccn(C(C)C)n1. The first-order chi connectivity index (χ1) is 8.02. The quantitative estimate of drug-likeness (QED) is 0.782. The van der Waals surface area contributed by atoms with Crippen molar-refractivity contribution in [1.29, 1.82) is 0 Å². The summed E-state index contributed by atoms with van der Waals surface area (Å²) in [6, 6.07) is 3.08. The van der Waals surface area contributed by atoms with Crippen LogP contribution < -0.4 is 5.32 Å². The van der Waals surface area contributed by atoms with Gasteiger partial charge in [-0.1, -0.05) is 0 Å². The molecular weight excluding hydrogens is 212 g/mol. The lowest BCUT2D eigenvalue weighted by molar-refractivity contribution is 0.362. The van der Waals surface area contributed by atoms with Gasteiger partial charge in [-0.2, -0.15) is 5.10 Å². The van der Waals surface area contributed by atoms with E-state index >= 15 is 0 Å². The molecule has 1 atom stereocenters. The Balaban J connectivity index is 2.49. The van der Waals surface area contributed by atoms with Crippen LogP contribution in [0, 0.1) is 0 Å². The van der Waals surface area contributed by atoms with E-state index in [0.717, 1.165) is 19.4 Å². The molecule has 0 radical (unpaired) electrons. The molecule has 1 aromatic rings. The van der Waals surface area contributed by atoms with Gasteiger partial charge in [0.2, 0.25) is 0 Å². The molecule has 0 aliphatic heterocycles. The Morgan fingerprint density at radius 2 is 2.12 bits per heavy atom. The molecule has 4 heteroatoms. The van der Waals surface area contributed by atoms with Crippen molar-refractivity contribution in [2.24, 2.45) is 0 Å². The largest absolute Gasteiger partial charge is 0.317 e. The van der Waals surface area contributed by atoms with Gasteiger partial charge in [-0.05, 0) is 54.0 Å². The Morgan fingerprint density at radius 1 is 1.41 bits per heavy atom. The minimum absolute atomic E-state index is 0.443. The summed E-state index contributed by atoms with van der Waals surface area (Å²) < 4.78 is 2.02. The van der Waals surface area contributed by atoms with Gasteiger partial charge in [0.1, 0.15) is 0 Å². The van der Waals surface area contributed by atoms with Gasteiger partial charge in [0.05, 0.1) is 5.69 Å². The molecule has 17 heavy (non-hydrogen) atoms. The maximum absolute atomic E-state index is 4.59. The van der Waals surface area contributed by atoms with Crippen LogP contribution in [0.1, 0.15) is 32.0 Å². The minimum Gasteiger partial charge on any atom is -0.317 e. The van der Waals surface area contributed by atoms with Crippen LogP contribution in [0.15, 0.2) is 12.3 Å². The fourth-order valence-corrected chi connectivity index (χ4v) is 1.79. The van der Waals surface area contributed by atoms with E-state index in [9.17, 15) is 0 Å². The van der Waals surface area contributed by atoms with E-state index in [-0.39, 0.29) is 0 Å². The highest BCUT2D eigenvalue weighted by molar-refractivity contribution is 5.02. The van der Waals surface area contributed by atoms with Gasteiger partial charge in [0.15, 0.2) is 0 Å². The van der Waals surface area contributed by atoms with Crippen LogP contribution in [-0.4, -0.2) is 48.4 Å². The molecule has 1 N–H and O–H groups in total. The number of nitrogens with zero attached hydrogens (tertiary/aromatic N) is 3. The highest BCUT2D eigenvalue weighted by atomic mass is 15.3. The van der Waals surface area contributed by atoms with Gasteiger partial charge in [0, 0.05) is 24.7 Å². The lowest BCUT2D eigenvalue weighted by Crippen LogP contribution is -2.31. The predicted octanol–water partition coefficient (Wildman–Crippen LogP) is 1.55. The van der Waals surface area contributed by atoms with Crippen LogP contribution >= 0.6 is 0 Å². The second-order valence-electron chi connectivity index (χ2n) is 5.16. The molecule has 1 unspecified atom stereocenters. The molecule has 0 aliphatic rings. The van der Waals surface area contributed by atoms with Gasteiger partial charge in [0.25, 0.3) is 0 Å². The molecule has 1 rings (SSSR count). The molecule has 0 saturated heterocycles. The molecule has 0 amide bonds. The summed E-state index contributed by atoms with van der Waals surface area (Å²) in [6.07, 6.45) is 4.22. The predicted molar refractivity (Wildman–Crippen MR) is 72.3 cm³/mol. The normalized spacial score (nSPS) is 13.6. The van der Waals surface area contributed by atoms with Gasteiger partial charge in [-0.3, -0.25) is 4.68 Å². The molecule has 0 aliphatic carbocycles. The fraction of sp³-hybridized carbons (Fsp3) is 0.769. The average Bonchev–Trinajstić information content (AvgIpc) is 2.72. The topological polar surface area (TPSA) is 33.1 Å². The van der Waals surface area contributed by atoms with Crippen LogP contribution in [-0.2, 0) is 6.42 Å². The molecule has 1 heterocycles. The molecule has 0 bridgehead atoms. The monoisotopic (exact) mass is 238 g/mol. The van der Waals surface area contributed by atoms with Crippen molar-refractivity contribution < 1.29 is 0 Å². The van der Waals surface area contributed by atoms with Crippen molar-refractivity contribution in [2.45, 2.75) is 38.8 Å². The van der Waals surface area contributed by atoms with E-state index in [2.05, 4.69) is 55.5 Å². The minimum atomic E-state index is 0.443. The van der Waals surface area contributed by atoms with Crippen LogP contribution in [0.4, 0.5) is 0 Å². The fourth-order valence-electron chi connectivity index (χ4n) is 1.79. The van der Waals surface area contributed by atoms with Crippen LogP contribution in [0.5, 0.6) is 0 Å². The van der Waals surface area contributed by atoms with E-state index in [1.807, 2.05) is 11.7 Å². The molecule has 0 saturated carbocycles. The number of hydrogen-bond acceptors (Lipinski definition) is 3. The van der Waals surface area contributed by atoms with E-state index in [1.165, 1.54) is 5.69 Å². The standard InChI is InChI=1S/C13H26N4/c1-11(2)17-9-7-13(15-17)10-12(14-3)6-8-16(4)5/h7,9,11-12,14H,6,8,10H2,1-5H3. The van der Waals surface area contributed by atoms with Gasteiger partial charge in [-0.15, -0.1) is 0 Å². The van der Waals surface area contributed by atoms with Gasteiger partial charge in [-0.25, -0.2) is 0 Å². The van der Waals surface area contributed by atoms with E-state index in [4.69, 9.17) is 0 Å². The molecule has 0 spiro atoms. The zero-order valence-electron chi connectivity index (χ0n) is 11.8. The first-order valence-corrected chi connectivity index (χ1v) is 6.39. The molecule has 1 aromatic heterocycles. The number of nitrogens with one attached hydrogen (secondary N) is 1. The Morgan fingerprint density at radius 3 is 2.59 bits per heavy atom. The van der Waals surface area contributed by atoms with E-state index in [1.54, 1.807) is 0 Å².